The topological polar surface area (TPSA) is 0 Å². The highest BCUT2D eigenvalue weighted by atomic mass is 14.3. The van der Waals surface area contributed by atoms with Crippen LogP contribution in [0.1, 0.15) is 19.3 Å². The molecule has 0 amide bonds. The summed E-state index contributed by atoms with van der Waals surface area (Å²) in [7, 11) is 0. The van der Waals surface area contributed by atoms with Gasteiger partial charge >= 0.3 is 0 Å². The van der Waals surface area contributed by atoms with E-state index in [1.54, 1.807) is 12.2 Å². The van der Waals surface area contributed by atoms with Gasteiger partial charge in [-0.2, -0.15) is 0 Å². The van der Waals surface area contributed by atoms with Crippen molar-refractivity contribution in [1.29, 1.82) is 0 Å². The number of rotatable bonds is 1. The van der Waals surface area contributed by atoms with E-state index in [0.29, 0.717) is 0 Å². The Kier molecular flexibility index (Phi) is 3.15. The summed E-state index contributed by atoms with van der Waals surface area (Å²) in [6.07, 6.45) is 12.5. The molecule has 11 heavy (non-hydrogen) atoms. The molecule has 2 aliphatic rings. The summed E-state index contributed by atoms with van der Waals surface area (Å²) in [5.41, 5.74) is 0. The number of hydrogen-bond donors (Lipinski definition) is 0. The van der Waals surface area contributed by atoms with Crippen LogP contribution in [0.25, 0.3) is 0 Å². The third-order valence-electron chi connectivity index (χ3n) is 2.34. The molecule has 1 saturated carbocycles. The fraction of sp³-hybridized carbons (Fsp3) is 0.455. The van der Waals surface area contributed by atoms with Gasteiger partial charge in [0.15, 0.2) is 0 Å². The second kappa shape index (κ2) is 4.17. The van der Waals surface area contributed by atoms with Crippen LogP contribution in [0.15, 0.2) is 37.5 Å². The molecule has 0 heterocycles. The van der Waals surface area contributed by atoms with Gasteiger partial charge in [0.05, 0.1) is 0 Å². The van der Waals surface area contributed by atoms with Crippen molar-refractivity contribution in [2.45, 2.75) is 19.3 Å². The van der Waals surface area contributed by atoms with E-state index < -0.39 is 0 Å². The number of hydrogen-bond acceptors (Lipinski definition) is 0. The van der Waals surface area contributed by atoms with Crippen molar-refractivity contribution in [3.05, 3.63) is 37.5 Å². The molecule has 2 aliphatic carbocycles. The Morgan fingerprint density at radius 1 is 1.00 bits per heavy atom. The molecule has 0 aromatic carbocycles. The molecule has 0 saturated heterocycles. The van der Waals surface area contributed by atoms with Gasteiger partial charge in [-0.3, -0.25) is 0 Å². The van der Waals surface area contributed by atoms with Gasteiger partial charge in [-0.05, 0) is 31.1 Å². The molecular weight excluding hydrogens is 132 g/mol. The molecule has 0 heteroatoms. The monoisotopic (exact) mass is 148 g/mol. The highest BCUT2D eigenvalue weighted by Gasteiger charge is 2.25. The van der Waals surface area contributed by atoms with Crippen LogP contribution in [0.5, 0.6) is 0 Å². The van der Waals surface area contributed by atoms with Gasteiger partial charge in [-0.25, -0.2) is 0 Å². The van der Waals surface area contributed by atoms with Gasteiger partial charge in [0.1, 0.15) is 0 Å². The van der Waals surface area contributed by atoms with Crippen LogP contribution in [0, 0.1) is 11.8 Å². The van der Waals surface area contributed by atoms with Gasteiger partial charge in [0.25, 0.3) is 0 Å². The summed E-state index contributed by atoms with van der Waals surface area (Å²) in [6, 6.07) is 0. The molecule has 0 nitrogen and oxygen atoms in total. The fourth-order valence-electron chi connectivity index (χ4n) is 1.72. The first-order valence-corrected chi connectivity index (χ1v) is 4.28. The van der Waals surface area contributed by atoms with Gasteiger partial charge in [-0.1, -0.05) is 37.5 Å². The molecule has 0 aliphatic heterocycles. The van der Waals surface area contributed by atoms with Gasteiger partial charge in [0, 0.05) is 0 Å². The van der Waals surface area contributed by atoms with Crippen LogP contribution in [0.3, 0.4) is 0 Å². The summed E-state index contributed by atoms with van der Waals surface area (Å²) in [4.78, 5) is 0. The lowest BCUT2D eigenvalue weighted by molar-refractivity contribution is 0.691. The van der Waals surface area contributed by atoms with Crippen LogP contribution in [-0.2, 0) is 0 Å². The predicted molar refractivity (Wildman–Crippen MR) is 50.4 cm³/mol. The Bertz CT molecular complexity index is 147. The van der Waals surface area contributed by atoms with Crippen LogP contribution in [0.4, 0.5) is 0 Å². The van der Waals surface area contributed by atoms with E-state index in [1.807, 2.05) is 0 Å². The minimum atomic E-state index is 0.991. The maximum Gasteiger partial charge on any atom is -0.0228 e. The smallest absolute Gasteiger partial charge is 0.0228 e. The summed E-state index contributed by atoms with van der Waals surface area (Å²) >= 11 is 0. The Labute approximate surface area is 69.3 Å². The zero-order chi connectivity index (χ0) is 8.10. The van der Waals surface area contributed by atoms with Gasteiger partial charge in [-0.15, -0.1) is 0 Å². The second-order valence-electron chi connectivity index (χ2n) is 3.19. The van der Waals surface area contributed by atoms with E-state index in [1.165, 1.54) is 19.3 Å². The summed E-state index contributed by atoms with van der Waals surface area (Å²) in [5.74, 6) is 1.98. The van der Waals surface area contributed by atoms with Crippen LogP contribution < -0.4 is 0 Å². The normalized spacial score (nSPS) is 30.9. The van der Waals surface area contributed by atoms with Crippen molar-refractivity contribution in [2.75, 3.05) is 0 Å². The Morgan fingerprint density at radius 2 is 1.45 bits per heavy atom. The predicted octanol–water partition coefficient (Wildman–Crippen LogP) is 3.33. The van der Waals surface area contributed by atoms with Crippen LogP contribution >= 0.6 is 0 Å². The average Bonchev–Trinajstić information content (AvgIpc) is 2.67. The Balaban J connectivity index is 0.000000134. The van der Waals surface area contributed by atoms with Crippen LogP contribution in [0.2, 0.25) is 0 Å². The van der Waals surface area contributed by atoms with Crippen molar-refractivity contribution in [3.8, 4) is 0 Å². The van der Waals surface area contributed by atoms with Crippen molar-refractivity contribution >= 4 is 0 Å². The first-order chi connectivity index (χ1) is 5.36. The largest absolute Gasteiger partial charge is 0.0991 e. The first-order valence-electron chi connectivity index (χ1n) is 4.28. The van der Waals surface area contributed by atoms with E-state index in [-0.39, 0.29) is 0 Å². The van der Waals surface area contributed by atoms with Crippen molar-refractivity contribution in [1.82, 2.24) is 0 Å². The highest BCUT2D eigenvalue weighted by Crippen LogP contribution is 2.38. The maximum absolute atomic E-state index is 3.36. The Morgan fingerprint density at radius 3 is 1.55 bits per heavy atom. The minimum Gasteiger partial charge on any atom is -0.0991 e. The molecule has 0 radical (unpaired) electrons. The van der Waals surface area contributed by atoms with E-state index in [9.17, 15) is 0 Å². The summed E-state index contributed by atoms with van der Waals surface area (Å²) in [6.45, 7) is 6.72. The van der Waals surface area contributed by atoms with Gasteiger partial charge < -0.3 is 0 Å². The maximum atomic E-state index is 3.36. The molecular formula is C11H16. The molecule has 0 aromatic heterocycles. The number of fused-ring (bicyclic) bond motifs is 2. The minimum absolute atomic E-state index is 0.991. The molecule has 1 fully saturated rings. The summed E-state index contributed by atoms with van der Waals surface area (Å²) in [5, 5.41) is 0. The van der Waals surface area contributed by atoms with E-state index in [4.69, 9.17) is 0 Å². The zero-order valence-corrected chi connectivity index (χ0v) is 7.00. The molecule has 2 bridgehead atoms. The standard InChI is InChI=1S/C7H10.C4H6/c1-2-7-4-3-6(1)5-7;1-3-4-2/h1-2,6-7H,3-5H2;3-4H,1-2H2. The third kappa shape index (κ3) is 2.38. The molecule has 2 unspecified atom stereocenters. The molecule has 0 aromatic rings. The number of allylic oxidation sites excluding steroid dienone is 4. The lowest BCUT2D eigenvalue weighted by atomic mass is 10.1. The summed E-state index contributed by atoms with van der Waals surface area (Å²) < 4.78 is 0. The highest BCUT2D eigenvalue weighted by molar-refractivity contribution is 5.06. The molecule has 0 N–H and O–H groups in total. The first kappa shape index (κ1) is 8.32. The quantitative estimate of drug-likeness (QED) is 0.395. The molecule has 2 rings (SSSR count). The van der Waals surface area contributed by atoms with Crippen molar-refractivity contribution in [2.24, 2.45) is 11.8 Å². The molecule has 60 valence electrons. The molecule has 0 spiro atoms. The van der Waals surface area contributed by atoms with Crippen LogP contribution in [-0.4, -0.2) is 0 Å². The average molecular weight is 148 g/mol. The van der Waals surface area contributed by atoms with E-state index >= 15 is 0 Å². The van der Waals surface area contributed by atoms with Gasteiger partial charge in [0.2, 0.25) is 0 Å². The molecule has 2 atom stereocenters. The van der Waals surface area contributed by atoms with Crippen molar-refractivity contribution in [3.63, 3.8) is 0 Å². The lowest BCUT2D eigenvalue weighted by Crippen LogP contribution is -1.82. The SMILES string of the molecule is C1=CC2CCC1C2.C=CC=C. The third-order valence-corrected chi connectivity index (χ3v) is 2.34. The lowest BCUT2D eigenvalue weighted by Gasteiger charge is -1.96. The zero-order valence-electron chi connectivity index (χ0n) is 7.00. The second-order valence-corrected chi connectivity index (χ2v) is 3.19. The Hall–Kier alpha value is -0.780. The van der Waals surface area contributed by atoms with E-state index in [2.05, 4.69) is 25.3 Å². The van der Waals surface area contributed by atoms with Crippen molar-refractivity contribution < 1.29 is 0 Å². The fourth-order valence-corrected chi connectivity index (χ4v) is 1.72. The van der Waals surface area contributed by atoms with E-state index in [0.717, 1.165) is 11.8 Å².